The Labute approximate surface area is 165 Å². The first kappa shape index (κ1) is 19.1. The fourth-order valence-corrected chi connectivity index (χ4v) is 3.13. The summed E-state index contributed by atoms with van der Waals surface area (Å²) < 4.78 is 1.74. The second-order valence-corrected chi connectivity index (χ2v) is 6.73. The van der Waals surface area contributed by atoms with Crippen LogP contribution >= 0.6 is 23.2 Å². The Morgan fingerprint density at radius 3 is 2.56 bits per heavy atom. The average Bonchev–Trinajstić information content (AvgIpc) is 3.06. The Morgan fingerprint density at radius 1 is 1.19 bits per heavy atom. The van der Waals surface area contributed by atoms with Crippen LogP contribution in [0.3, 0.4) is 0 Å². The lowest BCUT2D eigenvalue weighted by Gasteiger charge is -2.17. The summed E-state index contributed by atoms with van der Waals surface area (Å²) in [7, 11) is 1.54. The van der Waals surface area contributed by atoms with Crippen LogP contribution in [0, 0.1) is 0 Å². The van der Waals surface area contributed by atoms with Gasteiger partial charge in [-0.25, -0.2) is 4.68 Å². The Bertz CT molecular complexity index is 998. The van der Waals surface area contributed by atoms with Gasteiger partial charge < -0.3 is 10.2 Å². The first-order chi connectivity index (χ1) is 12.9. The maximum absolute atomic E-state index is 12.6. The van der Waals surface area contributed by atoms with Crippen LogP contribution in [0.5, 0.6) is 0 Å². The number of nitrogens with zero attached hydrogens (tertiary/aromatic N) is 4. The minimum atomic E-state index is -0.404. The average molecular weight is 406 g/mol. The maximum atomic E-state index is 12.6. The van der Waals surface area contributed by atoms with E-state index in [1.807, 2.05) is 6.92 Å². The van der Waals surface area contributed by atoms with Crippen LogP contribution in [0.1, 0.15) is 17.3 Å². The molecule has 0 spiro atoms. The lowest BCUT2D eigenvalue weighted by molar-refractivity contribution is -0.116. The molecule has 1 heterocycles. The largest absolute Gasteiger partial charge is 0.332 e. The van der Waals surface area contributed by atoms with E-state index in [1.54, 1.807) is 48.1 Å². The number of hydrogen-bond donors (Lipinski definition) is 1. The lowest BCUT2D eigenvalue weighted by Crippen LogP contribution is -2.35. The van der Waals surface area contributed by atoms with Crippen LogP contribution in [-0.4, -0.2) is 45.3 Å². The van der Waals surface area contributed by atoms with Gasteiger partial charge in [0.15, 0.2) is 0 Å². The van der Waals surface area contributed by atoms with Crippen molar-refractivity contribution in [1.29, 1.82) is 0 Å². The van der Waals surface area contributed by atoms with E-state index in [9.17, 15) is 9.59 Å². The van der Waals surface area contributed by atoms with Gasteiger partial charge in [-0.2, -0.15) is 0 Å². The predicted molar refractivity (Wildman–Crippen MR) is 105 cm³/mol. The summed E-state index contributed by atoms with van der Waals surface area (Å²) in [6.07, 6.45) is 0. The highest BCUT2D eigenvalue weighted by molar-refractivity contribution is 6.39. The highest BCUT2D eigenvalue weighted by atomic mass is 35.5. The van der Waals surface area contributed by atoms with Gasteiger partial charge in [0.2, 0.25) is 5.91 Å². The van der Waals surface area contributed by atoms with Crippen LogP contribution in [-0.2, 0) is 11.3 Å². The summed E-state index contributed by atoms with van der Waals surface area (Å²) in [5.74, 6) is -0.706. The van der Waals surface area contributed by atoms with E-state index in [0.29, 0.717) is 33.4 Å². The minimum absolute atomic E-state index is 0.153. The molecule has 0 radical (unpaired) electrons. The number of anilines is 1. The molecule has 140 valence electrons. The molecule has 3 aromatic rings. The summed E-state index contributed by atoms with van der Waals surface area (Å²) in [6, 6.07) is 10.1. The number of nitrogens with one attached hydrogen (secondary N) is 1. The third kappa shape index (κ3) is 4.04. The number of carbonyl (C=O) groups excluding carboxylic acids is 2. The molecule has 1 aromatic heterocycles. The van der Waals surface area contributed by atoms with Crippen molar-refractivity contribution in [2.24, 2.45) is 0 Å². The van der Waals surface area contributed by atoms with Gasteiger partial charge >= 0.3 is 0 Å². The molecule has 0 aliphatic rings. The van der Waals surface area contributed by atoms with Gasteiger partial charge in [0.25, 0.3) is 5.91 Å². The van der Waals surface area contributed by atoms with Crippen molar-refractivity contribution in [3.8, 4) is 0 Å². The van der Waals surface area contributed by atoms with E-state index in [1.165, 1.54) is 4.90 Å². The molecule has 7 nitrogen and oxygen atoms in total. The molecule has 0 aliphatic heterocycles. The number of carbonyl (C=O) groups is 2. The summed E-state index contributed by atoms with van der Waals surface area (Å²) in [6.45, 7) is 2.50. The van der Waals surface area contributed by atoms with Crippen LogP contribution < -0.4 is 5.32 Å². The van der Waals surface area contributed by atoms with Gasteiger partial charge in [0.05, 0.1) is 27.8 Å². The second kappa shape index (κ2) is 7.94. The van der Waals surface area contributed by atoms with E-state index >= 15 is 0 Å². The summed E-state index contributed by atoms with van der Waals surface area (Å²) >= 11 is 12.1. The van der Waals surface area contributed by atoms with Crippen LogP contribution in [0.25, 0.3) is 11.0 Å². The molecule has 27 heavy (non-hydrogen) atoms. The zero-order valence-corrected chi connectivity index (χ0v) is 16.3. The number of fused-ring (bicyclic) bond motifs is 1. The van der Waals surface area contributed by atoms with Crippen molar-refractivity contribution < 1.29 is 9.59 Å². The van der Waals surface area contributed by atoms with E-state index in [2.05, 4.69) is 15.6 Å². The fraction of sp³-hybridized carbons (Fsp3) is 0.222. The Hall–Kier alpha value is -2.64. The van der Waals surface area contributed by atoms with E-state index in [0.717, 1.165) is 5.52 Å². The molecule has 0 fully saturated rings. The third-order valence-corrected chi connectivity index (χ3v) is 4.64. The SMILES string of the molecule is CCn1nnc2cc(C(=O)N(C)CC(=O)Nc3c(Cl)cccc3Cl)ccc21. The standard InChI is InChI=1S/C18H17Cl2N5O2/c1-3-25-15-8-7-11(9-14(15)22-23-25)18(27)24(2)10-16(26)21-17-12(19)5-4-6-13(17)20/h4-9H,3,10H2,1-2H3,(H,21,26). The van der Waals surface area contributed by atoms with Crippen molar-refractivity contribution in [2.45, 2.75) is 13.5 Å². The number of likely N-dealkylation sites (N-methyl/N-ethyl adjacent to an activating group) is 1. The molecule has 3 rings (SSSR count). The number of halogens is 2. The Morgan fingerprint density at radius 2 is 1.89 bits per heavy atom. The number of hydrogen-bond acceptors (Lipinski definition) is 4. The predicted octanol–water partition coefficient (Wildman–Crippen LogP) is 3.47. The number of aromatic nitrogens is 3. The van der Waals surface area contributed by atoms with Crippen LogP contribution in [0.15, 0.2) is 36.4 Å². The van der Waals surface area contributed by atoms with Gasteiger partial charge in [-0.15, -0.1) is 5.10 Å². The van der Waals surface area contributed by atoms with Crippen LogP contribution in [0.2, 0.25) is 10.0 Å². The summed E-state index contributed by atoms with van der Waals surface area (Å²) in [5, 5.41) is 11.4. The molecule has 0 bridgehead atoms. The third-order valence-electron chi connectivity index (χ3n) is 4.02. The maximum Gasteiger partial charge on any atom is 0.254 e. The number of amides is 2. The molecule has 0 saturated heterocycles. The van der Waals surface area contributed by atoms with E-state index in [4.69, 9.17) is 23.2 Å². The number of rotatable bonds is 5. The molecule has 2 aromatic carbocycles. The minimum Gasteiger partial charge on any atom is -0.332 e. The topological polar surface area (TPSA) is 80.1 Å². The highest BCUT2D eigenvalue weighted by Crippen LogP contribution is 2.29. The van der Waals surface area contributed by atoms with Crippen molar-refractivity contribution in [3.63, 3.8) is 0 Å². The second-order valence-electron chi connectivity index (χ2n) is 5.91. The Kier molecular flexibility index (Phi) is 5.62. The smallest absolute Gasteiger partial charge is 0.254 e. The number of aryl methyl sites for hydroxylation is 1. The monoisotopic (exact) mass is 405 g/mol. The summed E-state index contributed by atoms with van der Waals surface area (Å²) in [4.78, 5) is 26.2. The zero-order chi connectivity index (χ0) is 19.6. The van der Waals surface area contributed by atoms with E-state index in [-0.39, 0.29) is 12.5 Å². The van der Waals surface area contributed by atoms with Gasteiger partial charge in [-0.1, -0.05) is 34.5 Å². The fourth-order valence-electron chi connectivity index (χ4n) is 2.64. The summed E-state index contributed by atoms with van der Waals surface area (Å²) in [5.41, 5.74) is 2.23. The molecule has 1 N–H and O–H groups in total. The number of benzene rings is 2. The van der Waals surface area contributed by atoms with Gasteiger partial charge in [-0.05, 0) is 37.3 Å². The van der Waals surface area contributed by atoms with Crippen LogP contribution in [0.4, 0.5) is 5.69 Å². The van der Waals surface area contributed by atoms with Crippen molar-refractivity contribution in [3.05, 3.63) is 52.0 Å². The normalized spacial score (nSPS) is 10.8. The molecule has 2 amide bonds. The molecule has 0 unspecified atom stereocenters. The van der Waals surface area contributed by atoms with Gasteiger partial charge in [-0.3, -0.25) is 9.59 Å². The first-order valence-electron chi connectivity index (χ1n) is 8.23. The van der Waals surface area contributed by atoms with Gasteiger partial charge in [0, 0.05) is 19.2 Å². The van der Waals surface area contributed by atoms with Crippen molar-refractivity contribution in [1.82, 2.24) is 19.9 Å². The molecular weight excluding hydrogens is 389 g/mol. The first-order valence-corrected chi connectivity index (χ1v) is 8.99. The lowest BCUT2D eigenvalue weighted by atomic mass is 10.1. The van der Waals surface area contributed by atoms with Crippen molar-refractivity contribution in [2.75, 3.05) is 18.9 Å². The van der Waals surface area contributed by atoms with Gasteiger partial charge in [0.1, 0.15) is 5.52 Å². The molecule has 0 atom stereocenters. The molecule has 0 saturated carbocycles. The van der Waals surface area contributed by atoms with E-state index < -0.39 is 5.91 Å². The Balaban J connectivity index is 1.71. The quantitative estimate of drug-likeness (QED) is 0.704. The highest BCUT2D eigenvalue weighted by Gasteiger charge is 2.18. The number of para-hydroxylation sites is 1. The van der Waals surface area contributed by atoms with Crippen molar-refractivity contribution >= 4 is 51.7 Å². The molecule has 9 heteroatoms. The molecule has 0 aliphatic carbocycles. The zero-order valence-electron chi connectivity index (χ0n) is 14.7. The molecular formula is C18H17Cl2N5O2.